The Hall–Kier alpha value is -1.42. The van der Waals surface area contributed by atoms with Gasteiger partial charge in [0, 0.05) is 18.8 Å². The van der Waals surface area contributed by atoms with Crippen LogP contribution in [0.1, 0.15) is 79.1 Å². The highest BCUT2D eigenvalue weighted by atomic mass is 16.4. The minimum atomic E-state index is -0.770. The van der Waals surface area contributed by atoms with Crippen molar-refractivity contribution in [3.63, 3.8) is 0 Å². The summed E-state index contributed by atoms with van der Waals surface area (Å²) >= 11 is 0. The topological polar surface area (TPSA) is 74.6 Å². The Balaban J connectivity index is 2.63. The van der Waals surface area contributed by atoms with E-state index in [1.165, 1.54) is 0 Å². The lowest BCUT2D eigenvalue weighted by Crippen LogP contribution is -2.28. The molecule has 1 saturated carbocycles. The molecule has 0 spiro atoms. The van der Waals surface area contributed by atoms with Crippen LogP contribution >= 0.6 is 0 Å². The Bertz CT molecular complexity index is 532. The Morgan fingerprint density at radius 3 is 2.63 bits per heavy atom. The molecule has 1 fully saturated rings. The molecule has 0 aromatic heterocycles. The SMILES string of the molecule is CCCCC(C)(C)[C@H](O)/C=C/[C@H]1[C@H](C)CC(=O)[C@@H]1C/C=C\CCCC(=O)O. The number of carboxylic acid groups (broad SMARTS) is 1. The van der Waals surface area contributed by atoms with Gasteiger partial charge in [0.15, 0.2) is 0 Å². The summed E-state index contributed by atoms with van der Waals surface area (Å²) in [5.41, 5.74) is -0.155. The van der Waals surface area contributed by atoms with Crippen LogP contribution in [0.4, 0.5) is 0 Å². The van der Waals surface area contributed by atoms with E-state index in [-0.39, 0.29) is 23.7 Å². The Morgan fingerprint density at radius 2 is 2.00 bits per heavy atom. The Labute approximate surface area is 164 Å². The molecule has 0 bridgehead atoms. The maximum Gasteiger partial charge on any atom is 0.303 e. The molecule has 4 atom stereocenters. The highest BCUT2D eigenvalue weighted by Crippen LogP contribution is 2.38. The van der Waals surface area contributed by atoms with Gasteiger partial charge in [-0.05, 0) is 42.9 Å². The molecule has 0 radical (unpaired) electrons. The van der Waals surface area contributed by atoms with Gasteiger partial charge in [0.1, 0.15) is 5.78 Å². The number of allylic oxidation sites excluding steroid dienone is 3. The molecular formula is C23H38O4. The van der Waals surface area contributed by atoms with E-state index < -0.39 is 12.1 Å². The second-order valence-electron chi connectivity index (χ2n) is 8.75. The third-order valence-corrected chi connectivity index (χ3v) is 5.87. The highest BCUT2D eigenvalue weighted by molar-refractivity contribution is 5.84. The van der Waals surface area contributed by atoms with Gasteiger partial charge in [-0.2, -0.15) is 0 Å². The zero-order chi connectivity index (χ0) is 20.4. The molecule has 27 heavy (non-hydrogen) atoms. The molecule has 1 aliphatic carbocycles. The molecule has 154 valence electrons. The van der Waals surface area contributed by atoms with Crippen LogP contribution in [0.25, 0.3) is 0 Å². The van der Waals surface area contributed by atoms with E-state index in [9.17, 15) is 14.7 Å². The first-order chi connectivity index (χ1) is 12.7. The zero-order valence-corrected chi connectivity index (χ0v) is 17.5. The predicted molar refractivity (Wildman–Crippen MR) is 109 cm³/mol. The number of hydrogen-bond acceptors (Lipinski definition) is 3. The third kappa shape index (κ3) is 8.00. The number of aliphatic carboxylic acids is 1. The summed E-state index contributed by atoms with van der Waals surface area (Å²) in [5, 5.41) is 19.2. The second-order valence-corrected chi connectivity index (χ2v) is 8.75. The lowest BCUT2D eigenvalue weighted by Gasteiger charge is -2.29. The van der Waals surface area contributed by atoms with Gasteiger partial charge in [0.05, 0.1) is 6.10 Å². The Kier molecular flexibility index (Phi) is 10.00. The van der Waals surface area contributed by atoms with E-state index in [0.717, 1.165) is 25.7 Å². The van der Waals surface area contributed by atoms with Gasteiger partial charge >= 0.3 is 5.97 Å². The largest absolute Gasteiger partial charge is 0.481 e. The van der Waals surface area contributed by atoms with Crippen molar-refractivity contribution in [1.82, 2.24) is 0 Å². The van der Waals surface area contributed by atoms with Crippen molar-refractivity contribution in [1.29, 1.82) is 0 Å². The van der Waals surface area contributed by atoms with Gasteiger partial charge in [0.2, 0.25) is 0 Å². The molecule has 1 aliphatic rings. The van der Waals surface area contributed by atoms with Crippen molar-refractivity contribution >= 4 is 11.8 Å². The summed E-state index contributed by atoms with van der Waals surface area (Å²) < 4.78 is 0. The fraction of sp³-hybridized carbons (Fsp3) is 0.739. The minimum absolute atomic E-state index is 0.0297. The summed E-state index contributed by atoms with van der Waals surface area (Å²) in [6.07, 6.45) is 13.5. The average Bonchev–Trinajstić information content (AvgIpc) is 2.86. The van der Waals surface area contributed by atoms with Gasteiger partial charge in [-0.1, -0.05) is 64.8 Å². The van der Waals surface area contributed by atoms with Crippen LogP contribution in [0.3, 0.4) is 0 Å². The molecule has 4 nitrogen and oxygen atoms in total. The fourth-order valence-electron chi connectivity index (χ4n) is 3.83. The lowest BCUT2D eigenvalue weighted by molar-refractivity contribution is -0.137. The van der Waals surface area contributed by atoms with Crippen molar-refractivity contribution < 1.29 is 19.8 Å². The maximum atomic E-state index is 12.4. The second kappa shape index (κ2) is 11.4. The van der Waals surface area contributed by atoms with Gasteiger partial charge in [-0.25, -0.2) is 0 Å². The number of ketones is 1. The summed E-state index contributed by atoms with van der Waals surface area (Å²) in [5.74, 6) is -0.0401. The molecule has 4 heteroatoms. The monoisotopic (exact) mass is 378 g/mol. The Morgan fingerprint density at radius 1 is 1.30 bits per heavy atom. The first-order valence-corrected chi connectivity index (χ1v) is 10.4. The quantitative estimate of drug-likeness (QED) is 0.363. The van der Waals surface area contributed by atoms with E-state index in [1.54, 1.807) is 0 Å². The van der Waals surface area contributed by atoms with Gasteiger partial charge < -0.3 is 10.2 Å². The molecule has 0 amide bonds. The first kappa shape index (κ1) is 23.6. The number of carbonyl (C=O) groups excluding carboxylic acids is 1. The van der Waals surface area contributed by atoms with Gasteiger partial charge in [-0.3, -0.25) is 9.59 Å². The smallest absolute Gasteiger partial charge is 0.303 e. The number of unbranched alkanes of at least 4 members (excludes halogenated alkanes) is 2. The molecule has 0 unspecified atom stereocenters. The van der Waals surface area contributed by atoms with E-state index in [4.69, 9.17) is 5.11 Å². The van der Waals surface area contributed by atoms with Crippen LogP contribution < -0.4 is 0 Å². The molecule has 0 aromatic carbocycles. The molecular weight excluding hydrogens is 340 g/mol. The van der Waals surface area contributed by atoms with Crippen molar-refractivity contribution in [2.45, 2.75) is 85.2 Å². The molecule has 1 rings (SSSR count). The first-order valence-electron chi connectivity index (χ1n) is 10.4. The van der Waals surface area contributed by atoms with Crippen LogP contribution in [-0.2, 0) is 9.59 Å². The third-order valence-electron chi connectivity index (χ3n) is 5.87. The van der Waals surface area contributed by atoms with Crippen LogP contribution in [-0.4, -0.2) is 28.1 Å². The van der Waals surface area contributed by atoms with E-state index in [1.807, 2.05) is 18.2 Å². The van der Waals surface area contributed by atoms with Gasteiger partial charge in [-0.15, -0.1) is 0 Å². The number of carboxylic acids is 1. The van der Waals surface area contributed by atoms with Crippen molar-refractivity contribution in [2.75, 3.05) is 0 Å². The van der Waals surface area contributed by atoms with Gasteiger partial charge in [0.25, 0.3) is 0 Å². The van der Waals surface area contributed by atoms with Crippen molar-refractivity contribution in [3.05, 3.63) is 24.3 Å². The lowest BCUT2D eigenvalue weighted by atomic mass is 9.80. The highest BCUT2D eigenvalue weighted by Gasteiger charge is 2.38. The standard InChI is InChI=1S/C23H38O4/c1-5-6-15-23(3,4)21(25)14-13-18-17(2)16-20(24)19(18)11-9-7-8-10-12-22(26)27/h7,9,13-14,17-19,21,25H,5-6,8,10-12,15-16H2,1-4H3,(H,26,27)/b9-7-,14-13+/t17-,18+,19-,21-/m1/s1. The molecule has 0 aromatic rings. The van der Waals surface area contributed by atoms with Crippen molar-refractivity contribution in [3.8, 4) is 0 Å². The van der Waals surface area contributed by atoms with Crippen LogP contribution in [0.15, 0.2) is 24.3 Å². The van der Waals surface area contributed by atoms with E-state index in [2.05, 4.69) is 33.8 Å². The van der Waals surface area contributed by atoms with E-state index in [0.29, 0.717) is 31.0 Å². The maximum absolute atomic E-state index is 12.4. The molecule has 0 heterocycles. The normalized spacial score (nSPS) is 24.9. The number of aliphatic hydroxyl groups excluding tert-OH is 1. The molecule has 0 aliphatic heterocycles. The number of hydrogen-bond donors (Lipinski definition) is 2. The summed E-state index contributed by atoms with van der Waals surface area (Å²) in [7, 11) is 0. The number of Topliss-reactive ketones (excluding diaryl/α,β-unsaturated/α-hetero) is 1. The summed E-state index contributed by atoms with van der Waals surface area (Å²) in [6.45, 7) is 8.46. The number of rotatable bonds is 12. The number of aliphatic hydroxyl groups is 1. The average molecular weight is 379 g/mol. The fourth-order valence-corrected chi connectivity index (χ4v) is 3.83. The number of carbonyl (C=O) groups is 2. The predicted octanol–water partition coefficient (Wildman–Crippen LogP) is 5.16. The van der Waals surface area contributed by atoms with Crippen molar-refractivity contribution in [2.24, 2.45) is 23.2 Å². The molecule has 2 N–H and O–H groups in total. The van der Waals surface area contributed by atoms with Crippen LogP contribution in [0, 0.1) is 23.2 Å². The van der Waals surface area contributed by atoms with Crippen LogP contribution in [0.2, 0.25) is 0 Å². The minimum Gasteiger partial charge on any atom is -0.481 e. The van der Waals surface area contributed by atoms with E-state index >= 15 is 0 Å². The molecule has 0 saturated heterocycles. The van der Waals surface area contributed by atoms with Crippen LogP contribution in [0.5, 0.6) is 0 Å². The summed E-state index contributed by atoms with van der Waals surface area (Å²) in [4.78, 5) is 22.9. The summed E-state index contributed by atoms with van der Waals surface area (Å²) in [6, 6.07) is 0. The zero-order valence-electron chi connectivity index (χ0n) is 17.5.